The summed E-state index contributed by atoms with van der Waals surface area (Å²) in [4.78, 5) is 11.4. The molecule has 0 bridgehead atoms. The Balaban J connectivity index is 2.37. The fourth-order valence-electron chi connectivity index (χ4n) is 2.46. The zero-order valence-electron chi connectivity index (χ0n) is 14.7. The van der Waals surface area contributed by atoms with Crippen molar-refractivity contribution in [2.75, 3.05) is 0 Å². The Labute approximate surface area is 146 Å². The van der Waals surface area contributed by atoms with Crippen LogP contribution in [0.1, 0.15) is 39.7 Å². The van der Waals surface area contributed by atoms with E-state index in [9.17, 15) is 9.90 Å². The maximum atomic E-state index is 11.4. The fourth-order valence-corrected chi connectivity index (χ4v) is 4.59. The van der Waals surface area contributed by atoms with Gasteiger partial charge in [0.15, 0.2) is 0 Å². The van der Waals surface area contributed by atoms with Crippen molar-refractivity contribution in [2.24, 2.45) is 0 Å². The number of hydrogen-bond donors (Lipinski definition) is 1. The van der Waals surface area contributed by atoms with Crippen LogP contribution < -0.4 is 10.4 Å². The van der Waals surface area contributed by atoms with E-state index in [4.69, 9.17) is 4.43 Å². The summed E-state index contributed by atoms with van der Waals surface area (Å²) in [7, 11) is -1.60. The van der Waals surface area contributed by atoms with Gasteiger partial charge in [-0.3, -0.25) is 0 Å². The lowest BCUT2D eigenvalue weighted by molar-refractivity contribution is -0.145. The van der Waals surface area contributed by atoms with E-state index >= 15 is 0 Å². The Kier molecular flexibility index (Phi) is 5.97. The molecule has 0 aromatic heterocycles. The summed E-state index contributed by atoms with van der Waals surface area (Å²) in [5.41, 5.74) is 1.34. The molecule has 4 heteroatoms. The monoisotopic (exact) mass is 341 g/mol. The quantitative estimate of drug-likeness (QED) is 0.822. The minimum atomic E-state index is -1.60. The Morgan fingerprint density at radius 3 is 2.04 bits per heavy atom. The Morgan fingerprint density at radius 2 is 1.58 bits per heavy atom. The minimum Gasteiger partial charge on any atom is -0.479 e. The molecule has 2 rings (SSSR count). The van der Waals surface area contributed by atoms with E-state index in [0.717, 1.165) is 10.4 Å². The minimum absolute atomic E-state index is 0.0893. The molecule has 0 spiro atoms. The third kappa shape index (κ3) is 4.55. The lowest BCUT2D eigenvalue weighted by Crippen LogP contribution is -2.48. The van der Waals surface area contributed by atoms with Crippen molar-refractivity contribution in [3.63, 3.8) is 0 Å². The first kappa shape index (κ1) is 18.4. The van der Waals surface area contributed by atoms with Crippen molar-refractivity contribution in [1.82, 2.24) is 0 Å². The van der Waals surface area contributed by atoms with Crippen molar-refractivity contribution in [2.45, 2.75) is 45.6 Å². The van der Waals surface area contributed by atoms with Gasteiger partial charge in [0, 0.05) is 0 Å². The zero-order valence-corrected chi connectivity index (χ0v) is 15.7. The molecule has 0 saturated heterocycles. The smallest absolute Gasteiger partial charge is 0.331 e. The van der Waals surface area contributed by atoms with Crippen LogP contribution in [-0.4, -0.2) is 26.2 Å². The zero-order chi connectivity index (χ0) is 17.7. The first-order valence-electron chi connectivity index (χ1n) is 8.25. The molecule has 1 N–H and O–H groups in total. The highest BCUT2D eigenvalue weighted by molar-refractivity contribution is 6.80. The number of benzene rings is 2. The molecular weight excluding hydrogens is 316 g/mol. The molecule has 0 saturated carbocycles. The standard InChI is InChI=1S/C20H25O3Si/c1-5-18(19(21)22)23-24(16-9-7-6-8-10-16)17-13-11-15(12-14-17)20(2,3)4/h6-14,18H,5H2,1-4H3,(H,21,22). The molecule has 0 amide bonds. The van der Waals surface area contributed by atoms with Crippen LogP contribution in [0.25, 0.3) is 0 Å². The predicted molar refractivity (Wildman–Crippen MR) is 99.4 cm³/mol. The average Bonchev–Trinajstić information content (AvgIpc) is 2.56. The summed E-state index contributed by atoms with van der Waals surface area (Å²) >= 11 is 0. The fraction of sp³-hybridized carbons (Fsp3) is 0.350. The third-order valence-corrected chi connectivity index (χ3v) is 6.19. The van der Waals surface area contributed by atoms with Crippen LogP contribution in [0, 0.1) is 0 Å². The number of carboxylic acids is 1. The summed E-state index contributed by atoms with van der Waals surface area (Å²) in [5.74, 6) is -0.901. The molecule has 0 aliphatic rings. The first-order valence-corrected chi connectivity index (χ1v) is 9.66. The van der Waals surface area contributed by atoms with Gasteiger partial charge in [0.05, 0.1) is 0 Å². The van der Waals surface area contributed by atoms with Crippen LogP contribution in [0.4, 0.5) is 0 Å². The predicted octanol–water partition coefficient (Wildman–Crippen LogP) is 2.97. The summed E-state index contributed by atoms with van der Waals surface area (Å²) in [6, 6.07) is 18.3. The summed E-state index contributed by atoms with van der Waals surface area (Å²) in [6.45, 7) is 8.38. The van der Waals surface area contributed by atoms with E-state index < -0.39 is 21.1 Å². The molecule has 24 heavy (non-hydrogen) atoms. The number of carboxylic acid groups (broad SMARTS) is 1. The molecule has 2 aromatic rings. The summed E-state index contributed by atoms with van der Waals surface area (Å²) < 4.78 is 6.06. The third-order valence-electron chi connectivity index (χ3n) is 3.96. The molecule has 127 valence electrons. The van der Waals surface area contributed by atoms with Gasteiger partial charge in [-0.05, 0) is 27.8 Å². The van der Waals surface area contributed by atoms with Gasteiger partial charge in [0.1, 0.15) is 6.10 Å². The molecule has 1 radical (unpaired) electrons. The van der Waals surface area contributed by atoms with Gasteiger partial charge < -0.3 is 9.53 Å². The molecule has 3 nitrogen and oxygen atoms in total. The van der Waals surface area contributed by atoms with E-state index in [1.54, 1.807) is 0 Å². The number of hydrogen-bond acceptors (Lipinski definition) is 2. The lowest BCUT2D eigenvalue weighted by atomic mass is 9.87. The largest absolute Gasteiger partial charge is 0.479 e. The SMILES string of the molecule is CCC(O[Si](c1ccccc1)c1ccc(C(C)(C)C)cc1)C(=O)O. The Hall–Kier alpha value is -1.91. The van der Waals surface area contributed by atoms with Crippen LogP contribution in [-0.2, 0) is 14.6 Å². The Bertz CT molecular complexity index is 660. The van der Waals surface area contributed by atoms with E-state index in [0.29, 0.717) is 6.42 Å². The van der Waals surface area contributed by atoms with Crippen LogP contribution in [0.15, 0.2) is 54.6 Å². The molecule has 0 aliphatic heterocycles. The maximum Gasteiger partial charge on any atom is 0.331 e. The van der Waals surface area contributed by atoms with Crippen LogP contribution in [0.3, 0.4) is 0 Å². The summed E-state index contributed by atoms with van der Waals surface area (Å²) in [6.07, 6.45) is -0.322. The second-order valence-electron chi connectivity index (χ2n) is 6.88. The van der Waals surface area contributed by atoms with E-state index in [1.165, 1.54) is 5.56 Å². The normalized spacial score (nSPS) is 13.0. The number of carbonyl (C=O) groups is 1. The van der Waals surface area contributed by atoms with Gasteiger partial charge in [0.2, 0.25) is 0 Å². The van der Waals surface area contributed by atoms with Gasteiger partial charge in [-0.2, -0.15) is 0 Å². The molecular formula is C20H25O3Si. The van der Waals surface area contributed by atoms with Crippen molar-refractivity contribution in [1.29, 1.82) is 0 Å². The van der Waals surface area contributed by atoms with Crippen LogP contribution in [0.5, 0.6) is 0 Å². The van der Waals surface area contributed by atoms with Gasteiger partial charge in [0.25, 0.3) is 9.04 Å². The number of rotatable bonds is 6. The highest BCUT2D eigenvalue weighted by Gasteiger charge is 2.27. The van der Waals surface area contributed by atoms with E-state index in [1.807, 2.05) is 37.3 Å². The van der Waals surface area contributed by atoms with Crippen LogP contribution in [0.2, 0.25) is 0 Å². The van der Waals surface area contributed by atoms with Crippen molar-refractivity contribution < 1.29 is 14.3 Å². The van der Waals surface area contributed by atoms with Crippen LogP contribution >= 0.6 is 0 Å². The topological polar surface area (TPSA) is 46.5 Å². The van der Waals surface area contributed by atoms with Crippen molar-refractivity contribution in [3.05, 3.63) is 60.2 Å². The highest BCUT2D eigenvalue weighted by atomic mass is 28.3. The molecule has 2 aromatic carbocycles. The lowest BCUT2D eigenvalue weighted by Gasteiger charge is -2.23. The molecule has 1 unspecified atom stereocenters. The number of aliphatic carboxylic acids is 1. The van der Waals surface area contributed by atoms with Gasteiger partial charge in [-0.1, -0.05) is 82.3 Å². The van der Waals surface area contributed by atoms with Crippen molar-refractivity contribution in [3.8, 4) is 0 Å². The molecule has 1 atom stereocenters. The second kappa shape index (κ2) is 7.77. The Morgan fingerprint density at radius 1 is 1.04 bits per heavy atom. The van der Waals surface area contributed by atoms with Gasteiger partial charge in [-0.15, -0.1) is 0 Å². The first-order chi connectivity index (χ1) is 11.3. The maximum absolute atomic E-state index is 11.4. The average molecular weight is 342 g/mol. The highest BCUT2D eigenvalue weighted by Crippen LogP contribution is 2.20. The molecule has 0 heterocycles. The van der Waals surface area contributed by atoms with E-state index in [2.05, 4.69) is 45.0 Å². The van der Waals surface area contributed by atoms with Crippen molar-refractivity contribution >= 4 is 25.4 Å². The van der Waals surface area contributed by atoms with E-state index in [-0.39, 0.29) is 5.41 Å². The molecule has 0 aliphatic carbocycles. The van der Waals surface area contributed by atoms with Gasteiger partial charge >= 0.3 is 5.97 Å². The van der Waals surface area contributed by atoms with Gasteiger partial charge in [-0.25, -0.2) is 4.79 Å². The second-order valence-corrected chi connectivity index (χ2v) is 8.92. The molecule has 0 fully saturated rings. The summed E-state index contributed by atoms with van der Waals surface area (Å²) in [5, 5.41) is 11.5.